The summed E-state index contributed by atoms with van der Waals surface area (Å²) in [6.45, 7) is 19.1. The molecule has 0 spiro atoms. The maximum atomic E-state index is 15.6. The number of rotatable bonds is 11. The molecule has 3 atom stereocenters. The van der Waals surface area contributed by atoms with Crippen molar-refractivity contribution in [1.82, 2.24) is 23.9 Å². The number of hydrogen-bond donors (Lipinski definition) is 1. The number of alkyl halides is 1. The van der Waals surface area contributed by atoms with Crippen LogP contribution in [0.25, 0.3) is 22.6 Å². The van der Waals surface area contributed by atoms with Gasteiger partial charge >= 0.3 is 5.97 Å². The number of aromatic carboxylic acids is 1. The Balaban J connectivity index is 1.27. The number of nitrogens with zero attached hydrogens (tertiary/aromatic N) is 6. The van der Waals surface area contributed by atoms with Crippen LogP contribution < -0.4 is 9.64 Å². The molecule has 0 bridgehead atoms. The molecule has 6 aromatic rings. The summed E-state index contributed by atoms with van der Waals surface area (Å²) < 4.78 is 12.2. The quantitative estimate of drug-likeness (QED) is 0.103. The van der Waals surface area contributed by atoms with Gasteiger partial charge in [-0.25, -0.2) is 4.79 Å². The lowest BCUT2D eigenvalue weighted by Gasteiger charge is -2.37. The second-order valence-electron chi connectivity index (χ2n) is 16.5. The Hall–Kier alpha value is -5.58. The molecule has 2 aromatic carbocycles. The van der Waals surface area contributed by atoms with Crippen LogP contribution in [0.3, 0.4) is 0 Å². The van der Waals surface area contributed by atoms with E-state index in [-0.39, 0.29) is 35.5 Å². The van der Waals surface area contributed by atoms with Gasteiger partial charge < -0.3 is 23.9 Å². The topological polar surface area (TPSA) is 107 Å². The fourth-order valence-electron chi connectivity index (χ4n) is 9.38. The Labute approximate surface area is 360 Å². The van der Waals surface area contributed by atoms with Gasteiger partial charge in [0.25, 0.3) is 5.91 Å². The van der Waals surface area contributed by atoms with E-state index in [9.17, 15) is 9.90 Å². The molecule has 0 saturated carbocycles. The number of ether oxygens (including phenoxy) is 1. The van der Waals surface area contributed by atoms with Crippen LogP contribution in [0.15, 0.2) is 61.3 Å². The van der Waals surface area contributed by atoms with E-state index >= 15 is 4.79 Å². The number of benzene rings is 2. The highest BCUT2D eigenvalue weighted by Gasteiger charge is 2.43. The number of amides is 1. The minimum atomic E-state index is -1.06. The fourth-order valence-corrected chi connectivity index (χ4v) is 9.81. The van der Waals surface area contributed by atoms with Gasteiger partial charge in [0, 0.05) is 59.1 Å². The highest BCUT2D eigenvalue weighted by molar-refractivity contribution is 6.32. The van der Waals surface area contributed by atoms with Crippen molar-refractivity contribution in [2.45, 2.75) is 85.2 Å². The molecule has 1 amide bonds. The summed E-state index contributed by atoms with van der Waals surface area (Å²) in [5.74, 6) is -0.699. The summed E-state index contributed by atoms with van der Waals surface area (Å²) in [7, 11) is 1.95. The van der Waals surface area contributed by atoms with E-state index in [2.05, 4.69) is 36.1 Å². The number of aromatic nitrogens is 5. The Kier molecular flexibility index (Phi) is 10.8. The molecular weight excluding hydrogens is 795 g/mol. The molecule has 0 saturated heterocycles. The van der Waals surface area contributed by atoms with Crippen LogP contribution in [0, 0.1) is 34.6 Å². The third kappa shape index (κ3) is 7.03. The molecule has 310 valence electrons. The van der Waals surface area contributed by atoms with Crippen molar-refractivity contribution >= 4 is 63.3 Å². The molecule has 2 unspecified atom stereocenters. The van der Waals surface area contributed by atoms with Gasteiger partial charge in [0.15, 0.2) is 0 Å². The number of halogens is 2. The van der Waals surface area contributed by atoms with E-state index < -0.39 is 5.97 Å². The lowest BCUT2D eigenvalue weighted by atomic mass is 9.83. The Morgan fingerprint density at radius 3 is 2.47 bits per heavy atom. The van der Waals surface area contributed by atoms with Crippen molar-refractivity contribution < 1.29 is 19.4 Å². The van der Waals surface area contributed by atoms with Gasteiger partial charge in [0.1, 0.15) is 17.1 Å². The predicted octanol–water partition coefficient (Wildman–Crippen LogP) is 10.5. The van der Waals surface area contributed by atoms with E-state index in [1.165, 1.54) is 0 Å². The average molecular weight is 846 g/mol. The average Bonchev–Trinajstić information content (AvgIpc) is 3.81. The number of hydrogen-bond acceptors (Lipinski definition) is 5. The number of fused-ring (bicyclic) bond motifs is 4. The summed E-state index contributed by atoms with van der Waals surface area (Å²) in [6.07, 6.45) is 7.07. The molecule has 12 heteroatoms. The summed E-state index contributed by atoms with van der Waals surface area (Å²) in [5.41, 5.74) is 13.3. The number of anilines is 1. The Bertz CT molecular complexity index is 2770. The second kappa shape index (κ2) is 15.8. The molecule has 60 heavy (non-hydrogen) atoms. The van der Waals surface area contributed by atoms with E-state index in [4.69, 9.17) is 33.0 Å². The Morgan fingerprint density at radius 1 is 1.07 bits per heavy atom. The smallest absolute Gasteiger partial charge is 0.352 e. The van der Waals surface area contributed by atoms with Gasteiger partial charge in [-0.2, -0.15) is 5.10 Å². The molecule has 10 nitrogen and oxygen atoms in total. The zero-order valence-corrected chi connectivity index (χ0v) is 36.9. The summed E-state index contributed by atoms with van der Waals surface area (Å²) in [4.78, 5) is 34.9. The minimum Gasteiger partial charge on any atom is -0.494 e. The maximum Gasteiger partial charge on any atom is 0.352 e. The van der Waals surface area contributed by atoms with Crippen LogP contribution in [0.1, 0.15) is 115 Å². The summed E-state index contributed by atoms with van der Waals surface area (Å²) in [5, 5.41) is 16.4. The molecular formula is C48H50Cl2N6O4. The molecule has 2 aliphatic rings. The number of carboxylic acid groups (broad SMARTS) is 1. The molecule has 0 fully saturated rings. The second-order valence-corrected chi connectivity index (χ2v) is 17.4. The van der Waals surface area contributed by atoms with Crippen molar-refractivity contribution in [3.05, 3.63) is 139 Å². The van der Waals surface area contributed by atoms with Crippen LogP contribution in [0.4, 0.5) is 5.69 Å². The van der Waals surface area contributed by atoms with Crippen molar-refractivity contribution in [3.8, 4) is 5.75 Å². The number of carbonyl (C=O) groups excluding carboxylic acids is 1. The monoisotopic (exact) mass is 844 g/mol. The largest absolute Gasteiger partial charge is 0.494 e. The molecule has 1 aliphatic heterocycles. The van der Waals surface area contributed by atoms with Gasteiger partial charge in [0.2, 0.25) is 0 Å². The van der Waals surface area contributed by atoms with Crippen molar-refractivity contribution in [2.75, 3.05) is 18.1 Å². The Morgan fingerprint density at radius 2 is 1.80 bits per heavy atom. The van der Waals surface area contributed by atoms with Crippen LogP contribution in [-0.4, -0.2) is 59.4 Å². The maximum absolute atomic E-state index is 15.6. The first-order valence-electron chi connectivity index (χ1n) is 20.3. The van der Waals surface area contributed by atoms with Gasteiger partial charge in [-0.05, 0) is 137 Å². The van der Waals surface area contributed by atoms with Gasteiger partial charge in [-0.15, -0.1) is 11.6 Å². The number of aryl methyl sites for hydroxylation is 5. The lowest BCUT2D eigenvalue weighted by molar-refractivity contribution is 0.0686. The third-order valence-corrected chi connectivity index (χ3v) is 13.2. The van der Waals surface area contributed by atoms with Gasteiger partial charge in [0.05, 0.1) is 41.1 Å². The normalized spacial score (nSPS) is 17.3. The zero-order chi connectivity index (χ0) is 42.9. The molecule has 8 rings (SSSR count). The predicted molar refractivity (Wildman–Crippen MR) is 240 cm³/mol. The minimum absolute atomic E-state index is 0.117. The molecule has 5 heterocycles. The van der Waals surface area contributed by atoms with Crippen LogP contribution in [0.2, 0.25) is 5.02 Å². The molecule has 1 N–H and O–H groups in total. The van der Waals surface area contributed by atoms with Crippen LogP contribution in [0.5, 0.6) is 5.75 Å². The number of carbonyl (C=O) groups is 2. The summed E-state index contributed by atoms with van der Waals surface area (Å²) in [6, 6.07) is 13.2. The first-order valence-corrected chi connectivity index (χ1v) is 21.2. The highest BCUT2D eigenvalue weighted by Crippen LogP contribution is 2.47. The van der Waals surface area contributed by atoms with E-state index in [1.54, 1.807) is 16.8 Å². The standard InChI is InChI=1S/C48H50Cl2N6O4/c1-25(2)32-14-15-51-34(21-32)24-54-40(48(58)59)22-33-17-26(3)18-39(44(33)54)55-23-29(6)56-45-37(12-13-38(49)42(45)41-30(7)52-53(9)31(41)8)36(46(56)47(55)57)11-10-16-60-35-19-27(4)43(50)28(5)20-35/h12-15,17-22,29,38,42H,1,10-11,16,23-24H2,2-9H3,(H,58,59)/t29-,38?,42?/m1/s1. The van der Waals surface area contributed by atoms with Gasteiger partial charge in [-0.1, -0.05) is 35.9 Å². The van der Waals surface area contributed by atoms with Crippen LogP contribution >= 0.6 is 23.2 Å². The third-order valence-electron chi connectivity index (χ3n) is 12.2. The van der Waals surface area contributed by atoms with Crippen molar-refractivity contribution in [1.29, 1.82) is 0 Å². The van der Waals surface area contributed by atoms with Crippen molar-refractivity contribution in [2.24, 2.45) is 7.05 Å². The zero-order valence-electron chi connectivity index (χ0n) is 35.4. The van der Waals surface area contributed by atoms with E-state index in [1.807, 2.05) is 93.7 Å². The molecule has 1 aliphatic carbocycles. The van der Waals surface area contributed by atoms with Gasteiger partial charge in [-0.3, -0.25) is 14.5 Å². The highest BCUT2D eigenvalue weighted by atomic mass is 35.5. The fraction of sp³-hybridized carbons (Fsp3) is 0.333. The van der Waals surface area contributed by atoms with E-state index in [0.717, 1.165) is 77.8 Å². The number of allylic oxidation sites excluding steroid dienone is 2. The molecule has 0 radical (unpaired) electrons. The first kappa shape index (κ1) is 41.2. The molecule has 4 aromatic heterocycles. The first-order chi connectivity index (χ1) is 28.5. The van der Waals surface area contributed by atoms with Crippen molar-refractivity contribution in [3.63, 3.8) is 0 Å². The summed E-state index contributed by atoms with van der Waals surface area (Å²) >= 11 is 13.7. The van der Waals surface area contributed by atoms with E-state index in [0.29, 0.717) is 48.6 Å². The SMILES string of the molecule is C=C(C)c1ccnc(Cn2c(C(=O)O)cc3cc(C)cc(N4C[C@@H](C)n5c(c(CCCOc6cc(C)c(Cl)c(C)c6)c6c5C(c5c(C)nn(C)c5C)C(Cl)C=C6)C4=O)c32)c1. The number of carboxylic acids is 1. The number of pyridine rings is 1. The van der Waals surface area contributed by atoms with Crippen LogP contribution in [-0.2, 0) is 20.0 Å². The lowest BCUT2D eigenvalue weighted by Crippen LogP contribution is -2.44.